The smallest absolute Gasteiger partial charge is 0.337 e. The fourth-order valence-corrected chi connectivity index (χ4v) is 3.84. The highest BCUT2D eigenvalue weighted by Crippen LogP contribution is 2.29. The zero-order valence-electron chi connectivity index (χ0n) is 21.1. The lowest BCUT2D eigenvalue weighted by Crippen LogP contribution is -2.13. The van der Waals surface area contributed by atoms with Crippen molar-refractivity contribution in [3.05, 3.63) is 131 Å². The molecule has 0 aliphatic rings. The highest BCUT2D eigenvalue weighted by atomic mass is 16.4. The van der Waals surface area contributed by atoms with Gasteiger partial charge in [0.15, 0.2) is 0 Å². The maximum atomic E-state index is 12.4. The molecule has 8 heteroatoms. The highest BCUT2D eigenvalue weighted by molar-refractivity contribution is 6.08. The lowest BCUT2D eigenvalue weighted by atomic mass is 9.99. The Morgan fingerprint density at radius 2 is 0.900 bits per heavy atom. The number of carbonyl (C=O) groups is 4. The summed E-state index contributed by atoms with van der Waals surface area (Å²) in [5.41, 5.74) is 2.30. The Hall–Kier alpha value is -5.76. The Morgan fingerprint density at radius 1 is 0.525 bits per heavy atom. The van der Waals surface area contributed by atoms with Gasteiger partial charge in [-0.15, -0.1) is 0 Å². The molecule has 0 fully saturated rings. The van der Waals surface area contributed by atoms with Crippen molar-refractivity contribution < 1.29 is 29.4 Å². The van der Waals surface area contributed by atoms with Gasteiger partial charge in [0.25, 0.3) is 0 Å². The van der Waals surface area contributed by atoms with Gasteiger partial charge in [-0.2, -0.15) is 0 Å². The first-order chi connectivity index (χ1) is 19.3. The number of carboxylic acid groups (broad SMARTS) is 2. The van der Waals surface area contributed by atoms with Crippen LogP contribution in [0.3, 0.4) is 0 Å². The molecule has 0 saturated carbocycles. The predicted octanol–water partition coefficient (Wildman–Crippen LogP) is 6.05. The maximum absolute atomic E-state index is 12.4. The van der Waals surface area contributed by atoms with Crippen LogP contribution in [-0.4, -0.2) is 34.0 Å². The van der Waals surface area contributed by atoms with Crippen molar-refractivity contribution in [1.29, 1.82) is 0 Å². The summed E-state index contributed by atoms with van der Waals surface area (Å²) in [6.07, 6.45) is 5.82. The third kappa shape index (κ3) is 7.17. The van der Waals surface area contributed by atoms with E-state index in [2.05, 4.69) is 10.6 Å². The van der Waals surface area contributed by atoms with Crippen molar-refractivity contribution in [2.75, 3.05) is 10.6 Å². The van der Waals surface area contributed by atoms with E-state index in [1.54, 1.807) is 24.3 Å². The molecule has 0 aromatic heterocycles. The number of benzene rings is 4. The van der Waals surface area contributed by atoms with Gasteiger partial charge in [0, 0.05) is 12.2 Å². The van der Waals surface area contributed by atoms with Crippen molar-refractivity contribution in [3.8, 4) is 11.1 Å². The van der Waals surface area contributed by atoms with Gasteiger partial charge in [-0.3, -0.25) is 9.59 Å². The average Bonchev–Trinajstić information content (AvgIpc) is 2.96. The largest absolute Gasteiger partial charge is 0.478 e. The van der Waals surface area contributed by atoms with E-state index in [9.17, 15) is 29.4 Å². The van der Waals surface area contributed by atoms with Crippen LogP contribution in [0.5, 0.6) is 0 Å². The summed E-state index contributed by atoms with van der Waals surface area (Å²) in [7, 11) is 0. The lowest BCUT2D eigenvalue weighted by Gasteiger charge is -2.12. The van der Waals surface area contributed by atoms with Gasteiger partial charge in [0.05, 0.1) is 22.5 Å². The van der Waals surface area contributed by atoms with Gasteiger partial charge in [-0.05, 0) is 58.7 Å². The molecule has 0 aliphatic heterocycles. The Morgan fingerprint density at radius 3 is 1.25 bits per heavy atom. The Balaban J connectivity index is 1.54. The van der Waals surface area contributed by atoms with Crippen molar-refractivity contribution in [2.24, 2.45) is 0 Å². The Kier molecular flexibility index (Phi) is 8.63. The molecule has 0 aliphatic carbocycles. The second-order valence-electron chi connectivity index (χ2n) is 8.60. The van der Waals surface area contributed by atoms with Crippen molar-refractivity contribution >= 4 is 47.3 Å². The molecule has 0 atom stereocenters. The number of aromatic carboxylic acids is 2. The minimum atomic E-state index is -1.27. The van der Waals surface area contributed by atoms with Crippen LogP contribution in [0.25, 0.3) is 23.3 Å². The number of amides is 2. The van der Waals surface area contributed by atoms with E-state index >= 15 is 0 Å². The van der Waals surface area contributed by atoms with Crippen LogP contribution in [0.15, 0.2) is 109 Å². The van der Waals surface area contributed by atoms with E-state index in [4.69, 9.17) is 0 Å². The van der Waals surface area contributed by atoms with E-state index in [-0.39, 0.29) is 22.5 Å². The van der Waals surface area contributed by atoms with Crippen LogP contribution in [0, 0.1) is 0 Å². The average molecular weight is 533 g/mol. The van der Waals surface area contributed by atoms with E-state index in [0.717, 1.165) is 11.1 Å². The number of carbonyl (C=O) groups excluding carboxylic acids is 2. The first-order valence-electron chi connectivity index (χ1n) is 12.1. The lowest BCUT2D eigenvalue weighted by molar-refractivity contribution is -0.112. The van der Waals surface area contributed by atoms with Gasteiger partial charge >= 0.3 is 11.9 Å². The number of carboxylic acids is 2. The van der Waals surface area contributed by atoms with E-state index in [1.165, 1.54) is 36.4 Å². The molecular weight excluding hydrogens is 508 g/mol. The van der Waals surface area contributed by atoms with Gasteiger partial charge in [0.2, 0.25) is 11.8 Å². The molecule has 8 nitrogen and oxygen atoms in total. The molecule has 0 heterocycles. The zero-order valence-corrected chi connectivity index (χ0v) is 21.1. The highest BCUT2D eigenvalue weighted by Gasteiger charge is 2.17. The summed E-state index contributed by atoms with van der Waals surface area (Å²) in [5.74, 6) is -3.55. The molecule has 40 heavy (non-hydrogen) atoms. The fourth-order valence-electron chi connectivity index (χ4n) is 3.84. The molecule has 0 saturated heterocycles. The Labute approximate surface area is 229 Å². The second kappa shape index (κ2) is 12.7. The normalized spacial score (nSPS) is 10.9. The summed E-state index contributed by atoms with van der Waals surface area (Å²) in [6, 6.07) is 27.1. The number of hydrogen-bond donors (Lipinski definition) is 4. The maximum Gasteiger partial charge on any atom is 0.337 e. The van der Waals surface area contributed by atoms with Crippen molar-refractivity contribution in [3.63, 3.8) is 0 Å². The van der Waals surface area contributed by atoms with Gasteiger partial charge < -0.3 is 20.8 Å². The molecule has 4 aromatic rings. The van der Waals surface area contributed by atoms with Crippen LogP contribution in [0.2, 0.25) is 0 Å². The standard InChI is InChI=1S/C32H24N2O6/c35-29(17-11-21-7-3-1-4-8-21)33-27-15-13-23(19-25(27)31(37)38)24-14-16-28(26(20-24)32(39)40)34-30(36)18-12-22-9-5-2-6-10-22/h1-20H,(H,33,35)(H,34,36)(H,37,38)(H,39,40). The summed E-state index contributed by atoms with van der Waals surface area (Å²) in [5, 5.41) is 24.7. The van der Waals surface area contributed by atoms with Crippen molar-refractivity contribution in [1.82, 2.24) is 0 Å². The quantitative estimate of drug-likeness (QED) is 0.194. The molecule has 0 spiro atoms. The van der Waals surface area contributed by atoms with Crippen LogP contribution >= 0.6 is 0 Å². The van der Waals surface area contributed by atoms with Crippen LogP contribution in [0.4, 0.5) is 11.4 Å². The van der Waals surface area contributed by atoms with Crippen molar-refractivity contribution in [2.45, 2.75) is 0 Å². The van der Waals surface area contributed by atoms with E-state index < -0.39 is 23.8 Å². The number of hydrogen-bond acceptors (Lipinski definition) is 4. The summed E-state index contributed by atoms with van der Waals surface area (Å²) in [6.45, 7) is 0. The van der Waals surface area contributed by atoms with Crippen LogP contribution < -0.4 is 10.6 Å². The summed E-state index contributed by atoms with van der Waals surface area (Å²) >= 11 is 0. The number of nitrogens with one attached hydrogen (secondary N) is 2. The number of rotatable bonds is 9. The van der Waals surface area contributed by atoms with Gasteiger partial charge in [-0.1, -0.05) is 72.8 Å². The molecule has 4 N–H and O–H groups in total. The Bertz CT molecular complexity index is 1500. The molecule has 0 radical (unpaired) electrons. The van der Waals surface area contributed by atoms with Crippen LogP contribution in [0.1, 0.15) is 31.8 Å². The molecular formula is C32H24N2O6. The summed E-state index contributed by atoms with van der Waals surface area (Å²) in [4.78, 5) is 48.7. The van der Waals surface area contributed by atoms with E-state index in [0.29, 0.717) is 11.1 Å². The molecule has 4 rings (SSSR count). The minimum absolute atomic E-state index is 0.0894. The first-order valence-corrected chi connectivity index (χ1v) is 12.1. The molecule has 198 valence electrons. The molecule has 0 unspecified atom stereocenters. The topological polar surface area (TPSA) is 133 Å². The van der Waals surface area contributed by atoms with Gasteiger partial charge in [0.1, 0.15) is 0 Å². The minimum Gasteiger partial charge on any atom is -0.478 e. The first kappa shape index (κ1) is 27.3. The predicted molar refractivity (Wildman–Crippen MR) is 154 cm³/mol. The molecule has 0 bridgehead atoms. The van der Waals surface area contributed by atoms with E-state index in [1.807, 2.05) is 60.7 Å². The summed E-state index contributed by atoms with van der Waals surface area (Å²) < 4.78 is 0. The molecule has 4 aromatic carbocycles. The zero-order chi connectivity index (χ0) is 28.5. The molecule has 2 amide bonds. The van der Waals surface area contributed by atoms with Crippen LogP contribution in [-0.2, 0) is 9.59 Å². The SMILES string of the molecule is O=C(C=Cc1ccccc1)Nc1ccc(-c2ccc(NC(=O)C=Cc3ccccc3)c(C(=O)O)c2)cc1C(=O)O. The van der Waals surface area contributed by atoms with Gasteiger partial charge in [-0.25, -0.2) is 9.59 Å². The monoisotopic (exact) mass is 532 g/mol. The number of anilines is 2. The third-order valence-electron chi connectivity index (χ3n) is 5.80. The fraction of sp³-hybridized carbons (Fsp3) is 0. The second-order valence-corrected chi connectivity index (χ2v) is 8.60. The third-order valence-corrected chi connectivity index (χ3v) is 5.80.